The van der Waals surface area contributed by atoms with Gasteiger partial charge in [-0.3, -0.25) is 0 Å². The van der Waals surface area contributed by atoms with E-state index in [1.807, 2.05) is 0 Å². The van der Waals surface area contributed by atoms with Crippen molar-refractivity contribution in [2.24, 2.45) is 0 Å². The van der Waals surface area contributed by atoms with Gasteiger partial charge in [0.25, 0.3) is 0 Å². The Morgan fingerprint density at radius 1 is 1.19 bits per heavy atom. The van der Waals surface area contributed by atoms with E-state index in [1.54, 1.807) is 6.92 Å². The van der Waals surface area contributed by atoms with Crippen LogP contribution in [0.5, 0.6) is 11.5 Å². The number of aryl methyl sites for hydroxylation is 1. The van der Waals surface area contributed by atoms with Crippen molar-refractivity contribution in [1.29, 1.82) is 0 Å². The number of carbonyl (C=O) groups is 1. The molecule has 0 radical (unpaired) electrons. The summed E-state index contributed by atoms with van der Waals surface area (Å²) in [5.74, 6) is -1.24. The van der Waals surface area contributed by atoms with Gasteiger partial charge in [0.1, 0.15) is 11.3 Å². The zero-order valence-corrected chi connectivity index (χ0v) is 9.59. The second-order valence-electron chi connectivity index (χ2n) is 3.11. The Kier molecular flexibility index (Phi) is 3.71. The predicted molar refractivity (Wildman–Crippen MR) is 55.6 cm³/mol. The summed E-state index contributed by atoms with van der Waals surface area (Å²) in [4.78, 5) is 11.5. The van der Waals surface area contributed by atoms with Crippen molar-refractivity contribution in [2.75, 3.05) is 21.3 Å². The smallest absolute Gasteiger partial charge is 0.345 e. The summed E-state index contributed by atoms with van der Waals surface area (Å²) in [6.07, 6.45) is 0. The first-order valence-corrected chi connectivity index (χ1v) is 4.56. The van der Waals surface area contributed by atoms with Crippen molar-refractivity contribution < 1.29 is 23.4 Å². The molecule has 0 spiro atoms. The van der Waals surface area contributed by atoms with Gasteiger partial charge in [0.2, 0.25) is 0 Å². The molecule has 0 saturated carbocycles. The maximum Gasteiger partial charge on any atom is 0.345 e. The number of halogens is 1. The van der Waals surface area contributed by atoms with E-state index in [0.717, 1.165) is 0 Å². The fraction of sp³-hybridized carbons (Fsp3) is 0.364. The number of esters is 1. The molecular formula is C11H13FO4. The van der Waals surface area contributed by atoms with Crippen LogP contribution < -0.4 is 9.47 Å². The molecule has 1 aromatic rings. The maximum absolute atomic E-state index is 13.5. The topological polar surface area (TPSA) is 44.8 Å². The van der Waals surface area contributed by atoms with Gasteiger partial charge in [-0.1, -0.05) is 0 Å². The average Bonchev–Trinajstić information content (AvgIpc) is 2.27. The molecule has 4 nitrogen and oxygen atoms in total. The zero-order chi connectivity index (χ0) is 12.3. The third-order valence-corrected chi connectivity index (χ3v) is 2.17. The van der Waals surface area contributed by atoms with Crippen LogP contribution in [0.3, 0.4) is 0 Å². The maximum atomic E-state index is 13.5. The highest BCUT2D eigenvalue weighted by molar-refractivity contribution is 5.96. The number of methoxy groups -OCH3 is 3. The Morgan fingerprint density at radius 2 is 1.75 bits per heavy atom. The number of carbonyl (C=O) groups excluding carboxylic acids is 1. The highest BCUT2D eigenvalue weighted by atomic mass is 19.1. The van der Waals surface area contributed by atoms with E-state index in [-0.39, 0.29) is 17.1 Å². The van der Waals surface area contributed by atoms with E-state index < -0.39 is 11.8 Å². The fourth-order valence-electron chi connectivity index (χ4n) is 1.49. The molecule has 0 bridgehead atoms. The minimum Gasteiger partial charge on any atom is -0.495 e. The molecule has 5 heteroatoms. The van der Waals surface area contributed by atoms with Gasteiger partial charge in [-0.15, -0.1) is 0 Å². The average molecular weight is 228 g/mol. The minimum atomic E-state index is -0.698. The summed E-state index contributed by atoms with van der Waals surface area (Å²) < 4.78 is 28.0. The third kappa shape index (κ3) is 1.93. The number of hydrogen-bond donors (Lipinski definition) is 0. The second kappa shape index (κ2) is 4.83. The molecule has 0 amide bonds. The highest BCUT2D eigenvalue weighted by Crippen LogP contribution is 2.34. The first kappa shape index (κ1) is 12.3. The number of hydrogen-bond acceptors (Lipinski definition) is 4. The molecule has 0 fully saturated rings. The summed E-state index contributed by atoms with van der Waals surface area (Å²) in [6, 6.07) is 1.24. The largest absolute Gasteiger partial charge is 0.495 e. The molecule has 0 unspecified atom stereocenters. The molecule has 0 atom stereocenters. The Morgan fingerprint density at radius 3 is 2.19 bits per heavy atom. The van der Waals surface area contributed by atoms with Crippen molar-refractivity contribution in [1.82, 2.24) is 0 Å². The molecule has 0 heterocycles. The van der Waals surface area contributed by atoms with Crippen molar-refractivity contribution in [3.8, 4) is 11.5 Å². The summed E-state index contributed by atoms with van der Waals surface area (Å²) in [6.45, 7) is 1.63. The molecule has 0 N–H and O–H groups in total. The lowest BCUT2D eigenvalue weighted by Crippen LogP contribution is -2.09. The van der Waals surface area contributed by atoms with Crippen LogP contribution >= 0.6 is 0 Å². The quantitative estimate of drug-likeness (QED) is 0.741. The summed E-state index contributed by atoms with van der Waals surface area (Å²) in [5, 5.41) is 0. The van der Waals surface area contributed by atoms with E-state index >= 15 is 0 Å². The van der Waals surface area contributed by atoms with Gasteiger partial charge >= 0.3 is 5.97 Å². The number of ether oxygens (including phenoxy) is 3. The predicted octanol–water partition coefficient (Wildman–Crippen LogP) is 1.94. The first-order valence-electron chi connectivity index (χ1n) is 4.56. The Balaban J connectivity index is 3.55. The third-order valence-electron chi connectivity index (χ3n) is 2.17. The number of rotatable bonds is 3. The van der Waals surface area contributed by atoms with Crippen LogP contribution in [0.4, 0.5) is 4.39 Å². The van der Waals surface area contributed by atoms with Crippen LogP contribution in [-0.2, 0) is 4.74 Å². The Labute approximate surface area is 92.9 Å². The number of benzene rings is 1. The van der Waals surface area contributed by atoms with Crippen molar-refractivity contribution in [3.05, 3.63) is 23.0 Å². The standard InChI is InChI=1S/C11H13FO4/c1-6-5-7(12)10(15-3)8(9(6)14-2)11(13)16-4/h5H,1-4H3. The molecule has 0 saturated heterocycles. The van der Waals surface area contributed by atoms with Crippen LogP contribution in [0.15, 0.2) is 6.07 Å². The van der Waals surface area contributed by atoms with Gasteiger partial charge in [-0.2, -0.15) is 0 Å². The van der Waals surface area contributed by atoms with E-state index in [1.165, 1.54) is 27.4 Å². The van der Waals surface area contributed by atoms with Crippen LogP contribution in [-0.4, -0.2) is 27.3 Å². The van der Waals surface area contributed by atoms with Gasteiger partial charge in [-0.25, -0.2) is 9.18 Å². The Hall–Kier alpha value is -1.78. The molecule has 0 aliphatic rings. The summed E-state index contributed by atoms with van der Waals surface area (Å²) >= 11 is 0. The monoisotopic (exact) mass is 228 g/mol. The molecule has 0 aromatic heterocycles. The van der Waals surface area contributed by atoms with Gasteiger partial charge in [0, 0.05) is 0 Å². The van der Waals surface area contributed by atoms with E-state index in [4.69, 9.17) is 9.47 Å². The van der Waals surface area contributed by atoms with E-state index in [9.17, 15) is 9.18 Å². The van der Waals surface area contributed by atoms with Gasteiger partial charge in [-0.05, 0) is 18.6 Å². The van der Waals surface area contributed by atoms with Gasteiger partial charge < -0.3 is 14.2 Å². The SMILES string of the molecule is COC(=O)c1c(OC)c(C)cc(F)c1OC. The second-order valence-corrected chi connectivity index (χ2v) is 3.11. The van der Waals surface area contributed by atoms with Crippen LogP contribution in [0.2, 0.25) is 0 Å². The molecule has 0 aliphatic heterocycles. The molecule has 1 rings (SSSR count). The molecule has 1 aromatic carbocycles. The first-order chi connectivity index (χ1) is 7.56. The molecule has 16 heavy (non-hydrogen) atoms. The summed E-state index contributed by atoms with van der Waals surface area (Å²) in [5.41, 5.74) is 0.464. The van der Waals surface area contributed by atoms with E-state index in [2.05, 4.69) is 4.74 Å². The lowest BCUT2D eigenvalue weighted by Gasteiger charge is -2.14. The summed E-state index contributed by atoms with van der Waals surface area (Å²) in [7, 11) is 3.88. The van der Waals surface area contributed by atoms with Crippen molar-refractivity contribution >= 4 is 5.97 Å². The zero-order valence-electron chi connectivity index (χ0n) is 9.59. The lowest BCUT2D eigenvalue weighted by atomic mass is 10.1. The lowest BCUT2D eigenvalue weighted by molar-refractivity contribution is 0.0592. The van der Waals surface area contributed by atoms with Gasteiger partial charge in [0.05, 0.1) is 21.3 Å². The molecule has 88 valence electrons. The fourth-order valence-corrected chi connectivity index (χ4v) is 1.49. The van der Waals surface area contributed by atoms with Crippen LogP contribution in [0.25, 0.3) is 0 Å². The highest BCUT2D eigenvalue weighted by Gasteiger charge is 2.24. The van der Waals surface area contributed by atoms with E-state index in [0.29, 0.717) is 5.56 Å². The van der Waals surface area contributed by atoms with Crippen LogP contribution in [0, 0.1) is 12.7 Å². The van der Waals surface area contributed by atoms with Gasteiger partial charge in [0.15, 0.2) is 11.6 Å². The normalized spacial score (nSPS) is 9.81. The van der Waals surface area contributed by atoms with Crippen molar-refractivity contribution in [2.45, 2.75) is 6.92 Å². The van der Waals surface area contributed by atoms with Crippen LogP contribution in [0.1, 0.15) is 15.9 Å². The van der Waals surface area contributed by atoms with Crippen molar-refractivity contribution in [3.63, 3.8) is 0 Å². The minimum absolute atomic E-state index is 0.0370. The molecule has 0 aliphatic carbocycles. The molecular weight excluding hydrogens is 215 g/mol. The Bertz CT molecular complexity index is 387.